The Balaban J connectivity index is 1.06. The highest BCUT2D eigenvalue weighted by molar-refractivity contribution is 14.1. The first-order chi connectivity index (χ1) is 26.9. The first kappa shape index (κ1) is 46.4. The predicted molar refractivity (Wildman–Crippen MR) is 220 cm³/mol. The van der Waals surface area contributed by atoms with E-state index in [4.69, 9.17) is 47.4 Å². The Kier molecular flexibility index (Phi) is 28.5. The van der Waals surface area contributed by atoms with E-state index in [1.807, 2.05) is 54.6 Å². The Bertz CT molecular complexity index is 1130. The summed E-state index contributed by atoms with van der Waals surface area (Å²) < 4.78 is 58.3. The Hall–Kier alpha value is -2.01. The van der Waals surface area contributed by atoms with Crippen molar-refractivity contribution in [1.82, 2.24) is 0 Å². The van der Waals surface area contributed by atoms with Gasteiger partial charge in [-0.3, -0.25) is 0 Å². The third-order valence-corrected chi connectivity index (χ3v) is 9.00. The van der Waals surface area contributed by atoms with Crippen molar-refractivity contribution in [2.24, 2.45) is 0 Å². The summed E-state index contributed by atoms with van der Waals surface area (Å²) in [6.45, 7) is 10.2. The summed E-state index contributed by atoms with van der Waals surface area (Å²) in [5, 5.41) is 0. The quantitative estimate of drug-likeness (QED) is 0.0258. The van der Waals surface area contributed by atoms with Gasteiger partial charge in [0, 0.05) is 6.61 Å². The molecule has 3 aromatic carbocycles. The molecule has 0 atom stereocenters. The minimum Gasteiger partial charge on any atom is -0.379 e. The third-order valence-electron chi connectivity index (χ3n) is 8.24. The van der Waals surface area contributed by atoms with Crippen molar-refractivity contribution in [1.29, 1.82) is 0 Å². The molecular formula is C43H63IO10. The molecule has 0 fully saturated rings. The van der Waals surface area contributed by atoms with Crippen LogP contribution in [0.2, 0.25) is 0 Å². The molecule has 0 aliphatic heterocycles. The number of rotatable bonds is 37. The number of halogens is 1. The average molecular weight is 867 g/mol. The van der Waals surface area contributed by atoms with E-state index in [0.717, 1.165) is 29.7 Å². The van der Waals surface area contributed by atoms with Gasteiger partial charge in [-0.25, -0.2) is 0 Å². The van der Waals surface area contributed by atoms with E-state index in [1.54, 1.807) is 0 Å². The summed E-state index contributed by atoms with van der Waals surface area (Å²) in [6.07, 6.45) is 4.97. The van der Waals surface area contributed by atoms with E-state index < -0.39 is 5.60 Å². The third kappa shape index (κ3) is 20.8. The van der Waals surface area contributed by atoms with Crippen molar-refractivity contribution in [2.75, 3.05) is 130 Å². The summed E-state index contributed by atoms with van der Waals surface area (Å²) in [4.78, 5) is 0. The van der Waals surface area contributed by atoms with E-state index in [2.05, 4.69) is 59.0 Å². The molecule has 302 valence electrons. The maximum atomic E-state index is 6.73. The number of ether oxygens (including phenoxy) is 10. The van der Waals surface area contributed by atoms with E-state index in [9.17, 15) is 0 Å². The van der Waals surface area contributed by atoms with Crippen molar-refractivity contribution in [3.05, 3.63) is 108 Å². The molecule has 10 nitrogen and oxygen atoms in total. The van der Waals surface area contributed by atoms with Gasteiger partial charge in [0.15, 0.2) is 0 Å². The van der Waals surface area contributed by atoms with Gasteiger partial charge < -0.3 is 47.4 Å². The van der Waals surface area contributed by atoms with Crippen molar-refractivity contribution >= 4 is 22.6 Å². The molecule has 0 saturated carbocycles. The molecule has 54 heavy (non-hydrogen) atoms. The SMILES string of the molecule is ICCCCCCOCCOCCOCCOCCOCCOCCOCCOCCOCCOC(c1ccccc1)(c1ccccc1)c1ccccc1. The minimum atomic E-state index is -0.748. The van der Waals surface area contributed by atoms with Crippen LogP contribution in [-0.2, 0) is 53.0 Å². The number of alkyl halides is 1. The topological polar surface area (TPSA) is 92.3 Å². The van der Waals surface area contributed by atoms with Crippen LogP contribution in [0, 0.1) is 0 Å². The lowest BCUT2D eigenvalue weighted by atomic mass is 9.80. The lowest BCUT2D eigenvalue weighted by molar-refractivity contribution is -0.0399. The number of benzene rings is 3. The Labute approximate surface area is 337 Å². The van der Waals surface area contributed by atoms with Gasteiger partial charge in [0.25, 0.3) is 0 Å². The van der Waals surface area contributed by atoms with Crippen LogP contribution in [0.1, 0.15) is 42.4 Å². The van der Waals surface area contributed by atoms with Gasteiger partial charge in [-0.1, -0.05) is 126 Å². The highest BCUT2D eigenvalue weighted by atomic mass is 127. The van der Waals surface area contributed by atoms with Crippen LogP contribution in [0.5, 0.6) is 0 Å². The Morgan fingerprint density at radius 3 is 0.852 bits per heavy atom. The lowest BCUT2D eigenvalue weighted by Gasteiger charge is -2.36. The monoisotopic (exact) mass is 866 g/mol. The van der Waals surface area contributed by atoms with Crippen LogP contribution < -0.4 is 0 Å². The molecule has 3 aromatic rings. The molecule has 0 saturated heterocycles. The summed E-state index contributed by atoms with van der Waals surface area (Å²) in [7, 11) is 0. The zero-order chi connectivity index (χ0) is 37.9. The summed E-state index contributed by atoms with van der Waals surface area (Å²) in [6, 6.07) is 31.0. The molecular weight excluding hydrogens is 803 g/mol. The van der Waals surface area contributed by atoms with Crippen LogP contribution in [0.15, 0.2) is 91.0 Å². The van der Waals surface area contributed by atoms with E-state index >= 15 is 0 Å². The maximum Gasteiger partial charge on any atom is 0.143 e. The first-order valence-electron chi connectivity index (χ1n) is 19.4. The molecule has 0 bridgehead atoms. The van der Waals surface area contributed by atoms with Crippen molar-refractivity contribution in [3.8, 4) is 0 Å². The normalized spacial score (nSPS) is 11.7. The zero-order valence-corrected chi connectivity index (χ0v) is 34.2. The predicted octanol–water partition coefficient (Wildman–Crippen LogP) is 7.14. The van der Waals surface area contributed by atoms with Crippen LogP contribution in [-0.4, -0.2) is 130 Å². The van der Waals surface area contributed by atoms with E-state index in [0.29, 0.717) is 119 Å². The van der Waals surface area contributed by atoms with Gasteiger partial charge in [0.1, 0.15) is 5.60 Å². The Morgan fingerprint density at radius 1 is 0.296 bits per heavy atom. The van der Waals surface area contributed by atoms with Gasteiger partial charge in [-0.15, -0.1) is 0 Å². The second kappa shape index (κ2) is 33.2. The van der Waals surface area contributed by atoms with Gasteiger partial charge in [-0.2, -0.15) is 0 Å². The molecule has 0 N–H and O–H groups in total. The average Bonchev–Trinajstić information content (AvgIpc) is 3.22. The second-order valence-electron chi connectivity index (χ2n) is 12.2. The highest BCUT2D eigenvalue weighted by Gasteiger charge is 2.37. The van der Waals surface area contributed by atoms with Gasteiger partial charge in [0.2, 0.25) is 0 Å². The molecule has 0 spiro atoms. The second-order valence-corrected chi connectivity index (χ2v) is 13.3. The van der Waals surface area contributed by atoms with Gasteiger partial charge in [0.05, 0.1) is 119 Å². The van der Waals surface area contributed by atoms with E-state index in [1.165, 1.54) is 23.7 Å². The smallest absolute Gasteiger partial charge is 0.143 e. The molecule has 11 heteroatoms. The van der Waals surface area contributed by atoms with Crippen LogP contribution in [0.3, 0.4) is 0 Å². The minimum absolute atomic E-state index is 0.420. The van der Waals surface area contributed by atoms with Crippen LogP contribution >= 0.6 is 22.6 Å². The maximum absolute atomic E-state index is 6.73. The molecule has 0 aliphatic rings. The number of hydrogen-bond acceptors (Lipinski definition) is 10. The van der Waals surface area contributed by atoms with Gasteiger partial charge in [-0.05, 0) is 34.0 Å². The summed E-state index contributed by atoms with van der Waals surface area (Å²) in [5.41, 5.74) is 2.46. The summed E-state index contributed by atoms with van der Waals surface area (Å²) in [5.74, 6) is 0. The molecule has 0 amide bonds. The molecule has 0 heterocycles. The molecule has 0 unspecified atom stereocenters. The fourth-order valence-corrected chi connectivity index (χ4v) is 6.08. The van der Waals surface area contributed by atoms with Crippen molar-refractivity contribution in [3.63, 3.8) is 0 Å². The van der Waals surface area contributed by atoms with Gasteiger partial charge >= 0.3 is 0 Å². The van der Waals surface area contributed by atoms with Crippen LogP contribution in [0.25, 0.3) is 0 Å². The zero-order valence-electron chi connectivity index (χ0n) is 32.1. The molecule has 0 aromatic heterocycles. The van der Waals surface area contributed by atoms with Crippen molar-refractivity contribution in [2.45, 2.75) is 31.3 Å². The Morgan fingerprint density at radius 2 is 0.556 bits per heavy atom. The summed E-state index contributed by atoms with van der Waals surface area (Å²) >= 11 is 2.42. The molecule has 3 rings (SSSR count). The lowest BCUT2D eigenvalue weighted by Crippen LogP contribution is -2.34. The van der Waals surface area contributed by atoms with Crippen molar-refractivity contribution < 1.29 is 47.4 Å². The fraction of sp³-hybridized carbons (Fsp3) is 0.581. The largest absolute Gasteiger partial charge is 0.379 e. The first-order valence-corrected chi connectivity index (χ1v) is 21.0. The number of unbranched alkanes of at least 4 members (excludes halogenated alkanes) is 3. The molecule has 0 aliphatic carbocycles. The van der Waals surface area contributed by atoms with E-state index in [-0.39, 0.29) is 0 Å². The standard InChI is InChI=1S/C43H63IO10/c44-20-12-1-2-13-21-45-22-23-46-24-25-47-26-27-48-28-29-49-30-31-50-32-33-51-34-35-52-36-37-53-38-39-54-43(40-14-6-3-7-15-40,41-16-8-4-9-17-41)42-18-10-5-11-19-42/h3-11,14-19H,1-2,12-13,20-39H2. The fourth-order valence-electron chi connectivity index (χ4n) is 5.54. The highest BCUT2D eigenvalue weighted by Crippen LogP contribution is 2.40. The van der Waals surface area contributed by atoms with Crippen LogP contribution in [0.4, 0.5) is 0 Å². The number of hydrogen-bond donors (Lipinski definition) is 0. The molecule has 0 radical (unpaired) electrons.